The predicted octanol–water partition coefficient (Wildman–Crippen LogP) is 3.75. The van der Waals surface area contributed by atoms with Crippen molar-refractivity contribution in [2.75, 3.05) is 5.32 Å². The average Bonchev–Trinajstić information content (AvgIpc) is 2.46. The lowest BCUT2D eigenvalue weighted by Gasteiger charge is -2.16. The molecule has 0 aliphatic heterocycles. The monoisotopic (exact) mass is 333 g/mol. The summed E-state index contributed by atoms with van der Waals surface area (Å²) in [7, 11) is 0. The Balaban J connectivity index is 2.12. The van der Waals surface area contributed by atoms with E-state index in [0.29, 0.717) is 10.8 Å². The third-order valence-corrected chi connectivity index (χ3v) is 3.38. The lowest BCUT2D eigenvalue weighted by atomic mass is 10.1. The van der Waals surface area contributed by atoms with Gasteiger partial charge in [0.1, 0.15) is 5.75 Å². The highest BCUT2D eigenvalue weighted by molar-refractivity contribution is 6.31. The molecule has 23 heavy (non-hydrogen) atoms. The highest BCUT2D eigenvalue weighted by atomic mass is 35.5. The van der Waals surface area contributed by atoms with Crippen LogP contribution in [0.4, 0.5) is 5.69 Å². The molecule has 0 bridgehead atoms. The number of rotatable bonds is 5. The maximum absolute atomic E-state index is 12.2. The van der Waals surface area contributed by atoms with Gasteiger partial charge in [0, 0.05) is 5.02 Å². The molecule has 0 aliphatic carbocycles. The molecule has 1 atom stereocenters. The average molecular weight is 334 g/mol. The first-order chi connectivity index (χ1) is 10.9. The van der Waals surface area contributed by atoms with Gasteiger partial charge in [-0.1, -0.05) is 23.7 Å². The molecule has 1 amide bonds. The van der Waals surface area contributed by atoms with Gasteiger partial charge in [-0.05, 0) is 49.7 Å². The van der Waals surface area contributed by atoms with Gasteiger partial charge in [0.2, 0.25) is 0 Å². The number of carbonyl (C=O) groups excluding carboxylic acids is 1. The van der Waals surface area contributed by atoms with Crippen molar-refractivity contribution in [2.45, 2.75) is 20.0 Å². The van der Waals surface area contributed by atoms with Gasteiger partial charge in [0.05, 0.1) is 11.3 Å². The predicted molar refractivity (Wildman–Crippen MR) is 88.3 cm³/mol. The first kappa shape index (κ1) is 16.8. The minimum absolute atomic E-state index is 0.0366. The van der Waals surface area contributed by atoms with Crippen LogP contribution in [0.5, 0.6) is 5.75 Å². The Morgan fingerprint density at radius 2 is 1.96 bits per heavy atom. The number of hydrogen-bond donors (Lipinski definition) is 2. The van der Waals surface area contributed by atoms with Gasteiger partial charge in [-0.15, -0.1) is 0 Å². The zero-order valence-electron chi connectivity index (χ0n) is 12.7. The summed E-state index contributed by atoms with van der Waals surface area (Å²) in [5.74, 6) is -1.04. The molecule has 0 saturated heterocycles. The van der Waals surface area contributed by atoms with Crippen LogP contribution >= 0.6 is 11.6 Å². The van der Waals surface area contributed by atoms with Gasteiger partial charge in [-0.3, -0.25) is 4.79 Å². The van der Waals surface area contributed by atoms with Crippen LogP contribution in [-0.2, 0) is 4.79 Å². The molecule has 0 aliphatic rings. The molecule has 0 unspecified atom stereocenters. The summed E-state index contributed by atoms with van der Waals surface area (Å²) in [6, 6.07) is 11.5. The van der Waals surface area contributed by atoms with Crippen molar-refractivity contribution >= 4 is 29.2 Å². The van der Waals surface area contributed by atoms with Gasteiger partial charge in [-0.25, -0.2) is 4.79 Å². The minimum atomic E-state index is -1.15. The first-order valence-corrected chi connectivity index (χ1v) is 7.31. The summed E-state index contributed by atoms with van der Waals surface area (Å²) in [5.41, 5.74) is 1.11. The fraction of sp³-hybridized carbons (Fsp3) is 0.176. The SMILES string of the molecule is Cc1cccc(O[C@H](C)C(=O)Nc2cc(Cl)ccc2C(=O)O)c1. The molecule has 0 fully saturated rings. The van der Waals surface area contributed by atoms with Gasteiger partial charge in [0.15, 0.2) is 6.10 Å². The van der Waals surface area contributed by atoms with Crippen molar-refractivity contribution in [1.82, 2.24) is 0 Å². The Kier molecular flexibility index (Phi) is 5.24. The molecule has 2 aromatic carbocycles. The summed E-state index contributed by atoms with van der Waals surface area (Å²) in [6.07, 6.45) is -0.794. The van der Waals surface area contributed by atoms with Gasteiger partial charge in [-0.2, -0.15) is 0 Å². The van der Waals surface area contributed by atoms with E-state index >= 15 is 0 Å². The summed E-state index contributed by atoms with van der Waals surface area (Å²) in [6.45, 7) is 3.51. The Bertz CT molecular complexity index is 745. The fourth-order valence-corrected chi connectivity index (χ4v) is 2.16. The third kappa shape index (κ3) is 4.47. The fourth-order valence-electron chi connectivity index (χ4n) is 1.99. The summed E-state index contributed by atoms with van der Waals surface area (Å²) >= 11 is 5.86. The van der Waals surface area contributed by atoms with Crippen molar-refractivity contribution in [3.63, 3.8) is 0 Å². The van der Waals surface area contributed by atoms with Crippen LogP contribution in [-0.4, -0.2) is 23.1 Å². The van der Waals surface area contributed by atoms with Crippen LogP contribution in [0, 0.1) is 6.92 Å². The lowest BCUT2D eigenvalue weighted by Crippen LogP contribution is -2.30. The Morgan fingerprint density at radius 3 is 2.61 bits per heavy atom. The zero-order valence-corrected chi connectivity index (χ0v) is 13.4. The number of ether oxygens (including phenoxy) is 1. The molecule has 0 saturated carbocycles. The number of hydrogen-bond acceptors (Lipinski definition) is 3. The van der Waals surface area contributed by atoms with E-state index in [1.54, 1.807) is 13.0 Å². The minimum Gasteiger partial charge on any atom is -0.481 e. The van der Waals surface area contributed by atoms with Gasteiger partial charge in [0.25, 0.3) is 5.91 Å². The smallest absolute Gasteiger partial charge is 0.337 e. The molecule has 120 valence electrons. The van der Waals surface area contributed by atoms with E-state index < -0.39 is 18.0 Å². The molecule has 2 aromatic rings. The number of aromatic carboxylic acids is 1. The maximum atomic E-state index is 12.2. The zero-order chi connectivity index (χ0) is 17.0. The van der Waals surface area contributed by atoms with Crippen molar-refractivity contribution in [1.29, 1.82) is 0 Å². The van der Waals surface area contributed by atoms with Crippen molar-refractivity contribution < 1.29 is 19.4 Å². The summed E-state index contributed by atoms with van der Waals surface area (Å²) in [4.78, 5) is 23.4. The standard InChI is InChI=1S/C17H16ClNO4/c1-10-4-3-5-13(8-10)23-11(2)16(20)19-15-9-12(18)6-7-14(15)17(21)22/h3-9,11H,1-2H3,(H,19,20)(H,21,22)/t11-/m1/s1. The number of anilines is 1. The molecular weight excluding hydrogens is 318 g/mol. The van der Waals surface area contributed by atoms with E-state index in [2.05, 4.69) is 5.32 Å². The Morgan fingerprint density at radius 1 is 1.22 bits per heavy atom. The number of halogens is 1. The second kappa shape index (κ2) is 7.15. The number of carboxylic acid groups (broad SMARTS) is 1. The maximum Gasteiger partial charge on any atom is 0.337 e. The second-order valence-corrected chi connectivity index (χ2v) is 5.50. The number of aryl methyl sites for hydroxylation is 1. The number of nitrogens with one attached hydrogen (secondary N) is 1. The second-order valence-electron chi connectivity index (χ2n) is 5.06. The van der Waals surface area contributed by atoms with Crippen molar-refractivity contribution in [2.24, 2.45) is 0 Å². The number of carbonyl (C=O) groups is 2. The van der Waals surface area contributed by atoms with Crippen molar-refractivity contribution in [3.8, 4) is 5.75 Å². The Labute approximate surface area is 138 Å². The van der Waals surface area contributed by atoms with E-state index in [-0.39, 0.29) is 11.3 Å². The molecular formula is C17H16ClNO4. The number of benzene rings is 2. The molecule has 5 nitrogen and oxygen atoms in total. The largest absolute Gasteiger partial charge is 0.481 e. The molecule has 0 radical (unpaired) electrons. The molecule has 0 spiro atoms. The van der Waals surface area contributed by atoms with E-state index in [4.69, 9.17) is 21.4 Å². The summed E-state index contributed by atoms with van der Waals surface area (Å²) in [5, 5.41) is 12.0. The number of carboxylic acids is 1. The van der Waals surface area contributed by atoms with Crippen LogP contribution < -0.4 is 10.1 Å². The van der Waals surface area contributed by atoms with E-state index in [1.807, 2.05) is 25.1 Å². The van der Waals surface area contributed by atoms with Crippen LogP contribution in [0.1, 0.15) is 22.8 Å². The normalized spacial score (nSPS) is 11.6. The van der Waals surface area contributed by atoms with Crippen LogP contribution in [0.25, 0.3) is 0 Å². The molecule has 6 heteroatoms. The molecule has 0 aromatic heterocycles. The van der Waals surface area contributed by atoms with Crippen LogP contribution in [0.2, 0.25) is 5.02 Å². The topological polar surface area (TPSA) is 75.6 Å². The third-order valence-electron chi connectivity index (χ3n) is 3.14. The molecule has 0 heterocycles. The van der Waals surface area contributed by atoms with Crippen LogP contribution in [0.3, 0.4) is 0 Å². The Hall–Kier alpha value is -2.53. The van der Waals surface area contributed by atoms with E-state index in [9.17, 15) is 9.59 Å². The first-order valence-electron chi connectivity index (χ1n) is 6.94. The van der Waals surface area contributed by atoms with Crippen LogP contribution in [0.15, 0.2) is 42.5 Å². The van der Waals surface area contributed by atoms with Crippen molar-refractivity contribution in [3.05, 3.63) is 58.6 Å². The highest BCUT2D eigenvalue weighted by Gasteiger charge is 2.18. The molecule has 2 rings (SSSR count). The quantitative estimate of drug-likeness (QED) is 0.873. The highest BCUT2D eigenvalue weighted by Crippen LogP contribution is 2.22. The summed E-state index contributed by atoms with van der Waals surface area (Å²) < 4.78 is 5.57. The van der Waals surface area contributed by atoms with E-state index in [0.717, 1.165) is 5.56 Å². The van der Waals surface area contributed by atoms with Gasteiger partial charge >= 0.3 is 5.97 Å². The number of amides is 1. The molecule has 2 N–H and O–H groups in total. The lowest BCUT2D eigenvalue weighted by molar-refractivity contribution is -0.122. The van der Waals surface area contributed by atoms with E-state index in [1.165, 1.54) is 18.2 Å². The van der Waals surface area contributed by atoms with Gasteiger partial charge < -0.3 is 15.2 Å².